The van der Waals surface area contributed by atoms with Crippen LogP contribution in [0.4, 0.5) is 10.1 Å². The van der Waals surface area contributed by atoms with Crippen molar-refractivity contribution in [3.63, 3.8) is 0 Å². The number of ether oxygens (including phenoxy) is 2. The number of hydrogen-bond acceptors (Lipinski definition) is 4. The molecule has 0 fully saturated rings. The average Bonchev–Trinajstić information content (AvgIpc) is 2.78. The lowest BCUT2D eigenvalue weighted by Crippen LogP contribution is -2.20. The van der Waals surface area contributed by atoms with Crippen molar-refractivity contribution < 1.29 is 23.5 Å². The van der Waals surface area contributed by atoms with Crippen LogP contribution < -0.4 is 10.1 Å². The number of hydrogen-bond donors (Lipinski definition) is 1. The monoisotopic (exact) mass is 439 g/mol. The van der Waals surface area contributed by atoms with Crippen molar-refractivity contribution in [2.24, 2.45) is 0 Å². The van der Waals surface area contributed by atoms with Crippen molar-refractivity contribution in [3.8, 4) is 5.75 Å². The molecule has 5 nitrogen and oxygen atoms in total. The number of benzene rings is 3. The van der Waals surface area contributed by atoms with E-state index in [1.165, 1.54) is 30.3 Å². The lowest BCUT2D eigenvalue weighted by Gasteiger charge is -2.07. The van der Waals surface area contributed by atoms with E-state index in [2.05, 4.69) is 5.32 Å². The van der Waals surface area contributed by atoms with Crippen LogP contribution in [0, 0.1) is 5.82 Å². The average molecular weight is 440 g/mol. The van der Waals surface area contributed by atoms with Gasteiger partial charge in [0, 0.05) is 16.8 Å². The molecule has 0 bridgehead atoms. The number of carbonyl (C=O) groups is 2. The third-order valence-corrected chi connectivity index (χ3v) is 4.34. The zero-order valence-corrected chi connectivity index (χ0v) is 17.1. The molecule has 3 aromatic rings. The normalized spacial score (nSPS) is 10.6. The quantitative estimate of drug-likeness (QED) is 0.384. The highest BCUT2D eigenvalue weighted by Gasteiger charge is 2.06. The van der Waals surface area contributed by atoms with E-state index in [9.17, 15) is 14.0 Å². The van der Waals surface area contributed by atoms with Gasteiger partial charge in [-0.25, -0.2) is 9.18 Å². The van der Waals surface area contributed by atoms with E-state index in [1.54, 1.807) is 42.5 Å². The summed E-state index contributed by atoms with van der Waals surface area (Å²) in [5, 5.41) is 3.18. The molecule has 7 heteroatoms. The Balaban J connectivity index is 1.41. The van der Waals surface area contributed by atoms with Gasteiger partial charge in [-0.05, 0) is 65.7 Å². The van der Waals surface area contributed by atoms with Gasteiger partial charge in [0.2, 0.25) is 0 Å². The minimum atomic E-state index is -0.655. The molecule has 0 heterocycles. The summed E-state index contributed by atoms with van der Waals surface area (Å²) >= 11 is 5.86. The van der Waals surface area contributed by atoms with Crippen LogP contribution in [0.15, 0.2) is 78.9 Å². The Kier molecular flexibility index (Phi) is 7.79. The first-order valence-electron chi connectivity index (χ1n) is 9.35. The zero-order chi connectivity index (χ0) is 22.1. The van der Waals surface area contributed by atoms with Crippen LogP contribution in [0.3, 0.4) is 0 Å². The van der Waals surface area contributed by atoms with E-state index in [0.717, 1.165) is 11.1 Å². The second-order valence-corrected chi connectivity index (χ2v) is 6.92. The minimum Gasteiger partial charge on any atom is -0.489 e. The second-order valence-electron chi connectivity index (χ2n) is 6.48. The maximum Gasteiger partial charge on any atom is 0.331 e. The first-order valence-corrected chi connectivity index (χ1v) is 9.73. The Labute approximate surface area is 184 Å². The molecule has 0 atom stereocenters. The summed E-state index contributed by atoms with van der Waals surface area (Å²) in [6, 6.07) is 19.8. The number of nitrogens with one attached hydrogen (secondary N) is 1. The van der Waals surface area contributed by atoms with Gasteiger partial charge in [0.1, 0.15) is 18.2 Å². The van der Waals surface area contributed by atoms with E-state index in [1.807, 2.05) is 12.1 Å². The zero-order valence-electron chi connectivity index (χ0n) is 16.4. The maximum absolute atomic E-state index is 12.8. The first kappa shape index (κ1) is 22.1. The van der Waals surface area contributed by atoms with Gasteiger partial charge in [-0.15, -0.1) is 0 Å². The van der Waals surface area contributed by atoms with Crippen molar-refractivity contribution in [1.82, 2.24) is 0 Å². The number of halogens is 2. The Bertz CT molecular complexity index is 1050. The SMILES string of the molecule is O=C(COC(=O)/C=C/c1ccc(OCc2ccc(Cl)cc2)cc1)Nc1ccc(F)cc1. The molecule has 1 amide bonds. The van der Waals surface area contributed by atoms with Gasteiger partial charge in [-0.2, -0.15) is 0 Å². The molecule has 0 unspecified atom stereocenters. The van der Waals surface area contributed by atoms with E-state index < -0.39 is 24.3 Å². The Hall–Kier alpha value is -3.64. The third-order valence-electron chi connectivity index (χ3n) is 4.08. The van der Waals surface area contributed by atoms with Crippen LogP contribution in [0.5, 0.6) is 5.75 Å². The lowest BCUT2D eigenvalue weighted by atomic mass is 10.2. The summed E-state index contributed by atoms with van der Waals surface area (Å²) in [6.07, 6.45) is 2.80. The van der Waals surface area contributed by atoms with Crippen LogP contribution in [0.25, 0.3) is 6.08 Å². The number of amides is 1. The van der Waals surface area contributed by atoms with Gasteiger partial charge in [0.25, 0.3) is 5.91 Å². The summed E-state index contributed by atoms with van der Waals surface area (Å²) in [4.78, 5) is 23.6. The molecule has 158 valence electrons. The highest BCUT2D eigenvalue weighted by atomic mass is 35.5. The summed E-state index contributed by atoms with van der Waals surface area (Å²) < 4.78 is 23.4. The molecule has 0 spiro atoms. The molecule has 0 saturated carbocycles. The van der Waals surface area contributed by atoms with Crippen LogP contribution in [-0.2, 0) is 20.9 Å². The van der Waals surface area contributed by atoms with Crippen molar-refractivity contribution in [2.45, 2.75) is 6.61 Å². The summed E-state index contributed by atoms with van der Waals surface area (Å²) in [7, 11) is 0. The molecule has 3 aromatic carbocycles. The molecular weight excluding hydrogens is 421 g/mol. The molecule has 0 aliphatic carbocycles. The molecule has 3 rings (SSSR count). The fourth-order valence-corrected chi connectivity index (χ4v) is 2.63. The summed E-state index contributed by atoms with van der Waals surface area (Å²) in [6.45, 7) is -0.0311. The van der Waals surface area contributed by atoms with Crippen LogP contribution in [0.1, 0.15) is 11.1 Å². The van der Waals surface area contributed by atoms with Gasteiger partial charge in [-0.3, -0.25) is 4.79 Å². The van der Waals surface area contributed by atoms with Crippen LogP contribution >= 0.6 is 11.6 Å². The summed E-state index contributed by atoms with van der Waals surface area (Å²) in [5.41, 5.74) is 2.18. The standard InChI is InChI=1S/C24H19ClFNO4/c25-19-6-1-18(2-7-19)15-30-22-12-3-17(4-13-22)5-14-24(29)31-16-23(28)27-21-10-8-20(26)9-11-21/h1-14H,15-16H2,(H,27,28)/b14-5+. The van der Waals surface area contributed by atoms with Gasteiger partial charge in [-0.1, -0.05) is 35.9 Å². The Morgan fingerprint density at radius 1 is 0.935 bits per heavy atom. The van der Waals surface area contributed by atoms with Crippen molar-refractivity contribution in [3.05, 3.63) is 101 Å². The molecule has 0 aliphatic rings. The lowest BCUT2D eigenvalue weighted by molar-refractivity contribution is -0.142. The van der Waals surface area contributed by atoms with E-state index in [-0.39, 0.29) is 0 Å². The molecule has 1 N–H and O–H groups in total. The predicted octanol–water partition coefficient (Wildman–Crippen LogP) is 5.25. The van der Waals surface area contributed by atoms with E-state index in [0.29, 0.717) is 23.1 Å². The van der Waals surface area contributed by atoms with Gasteiger partial charge in [0.05, 0.1) is 0 Å². The van der Waals surface area contributed by atoms with Gasteiger partial charge < -0.3 is 14.8 Å². The largest absolute Gasteiger partial charge is 0.489 e. The summed E-state index contributed by atoms with van der Waals surface area (Å²) in [5.74, 6) is -0.893. The number of rotatable bonds is 8. The van der Waals surface area contributed by atoms with Crippen molar-refractivity contribution in [1.29, 1.82) is 0 Å². The molecule has 31 heavy (non-hydrogen) atoms. The first-order chi connectivity index (χ1) is 15.0. The Morgan fingerprint density at radius 3 is 2.29 bits per heavy atom. The Morgan fingerprint density at radius 2 is 1.61 bits per heavy atom. The van der Waals surface area contributed by atoms with Crippen molar-refractivity contribution in [2.75, 3.05) is 11.9 Å². The van der Waals surface area contributed by atoms with Gasteiger partial charge in [0.15, 0.2) is 6.61 Å². The highest BCUT2D eigenvalue weighted by Crippen LogP contribution is 2.16. The molecule has 0 saturated heterocycles. The number of carbonyl (C=O) groups excluding carboxylic acids is 2. The minimum absolute atomic E-state index is 0.407. The molecule has 0 radical (unpaired) electrons. The van der Waals surface area contributed by atoms with Crippen LogP contribution in [-0.4, -0.2) is 18.5 Å². The maximum atomic E-state index is 12.8. The van der Waals surface area contributed by atoms with E-state index in [4.69, 9.17) is 21.1 Å². The highest BCUT2D eigenvalue weighted by molar-refractivity contribution is 6.30. The fraction of sp³-hybridized carbons (Fsp3) is 0.0833. The molecule has 0 aromatic heterocycles. The smallest absolute Gasteiger partial charge is 0.331 e. The molecular formula is C24H19ClFNO4. The predicted molar refractivity (Wildman–Crippen MR) is 117 cm³/mol. The van der Waals surface area contributed by atoms with Crippen molar-refractivity contribution >= 4 is 35.2 Å². The topological polar surface area (TPSA) is 64.6 Å². The van der Waals surface area contributed by atoms with Gasteiger partial charge >= 0.3 is 5.97 Å². The number of anilines is 1. The second kappa shape index (κ2) is 10.9. The number of esters is 1. The van der Waals surface area contributed by atoms with Crippen LogP contribution in [0.2, 0.25) is 5.02 Å². The van der Waals surface area contributed by atoms with E-state index >= 15 is 0 Å². The molecule has 0 aliphatic heterocycles. The fourth-order valence-electron chi connectivity index (χ4n) is 2.50. The third kappa shape index (κ3) is 7.60.